The zero-order valence-electron chi connectivity index (χ0n) is 6.57. The summed E-state index contributed by atoms with van der Waals surface area (Å²) in [6.45, 7) is 0. The number of hydrogen-bond donors (Lipinski definition) is 3. The summed E-state index contributed by atoms with van der Waals surface area (Å²) in [6, 6.07) is 3.50. The minimum absolute atomic E-state index is 0.0817. The largest absolute Gasteiger partial charge is 0.508 e. The fraction of sp³-hybridized carbons (Fsp3) is 0.125. The van der Waals surface area contributed by atoms with Crippen LogP contribution >= 0.6 is 22.6 Å². The lowest BCUT2D eigenvalue weighted by Gasteiger charge is -2.08. The Morgan fingerprint density at radius 3 is 2.62 bits per heavy atom. The Morgan fingerprint density at radius 1 is 1.54 bits per heavy atom. The number of nitrogens with two attached hydrogens (primary N) is 1. The monoisotopic (exact) mass is 293 g/mol. The topological polar surface area (TPSA) is 83.6 Å². The Morgan fingerprint density at radius 2 is 2.15 bits per heavy atom. The number of carbonyl (C=O) groups is 1. The molecule has 0 aliphatic heterocycles. The van der Waals surface area contributed by atoms with Gasteiger partial charge in [0.25, 0.3) is 0 Å². The van der Waals surface area contributed by atoms with Crippen molar-refractivity contribution >= 4 is 28.6 Å². The molecule has 0 bridgehead atoms. The van der Waals surface area contributed by atoms with Crippen molar-refractivity contribution in [3.8, 4) is 5.75 Å². The lowest BCUT2D eigenvalue weighted by molar-refractivity contribution is -0.138. The van der Waals surface area contributed by atoms with Crippen LogP contribution < -0.4 is 5.73 Å². The third kappa shape index (κ3) is 2.31. The van der Waals surface area contributed by atoms with Crippen LogP contribution in [-0.2, 0) is 4.79 Å². The molecular formula is C8H8INO3. The highest BCUT2D eigenvalue weighted by atomic mass is 127. The Bertz CT molecular complexity index is 340. The number of rotatable bonds is 2. The molecule has 13 heavy (non-hydrogen) atoms. The standard InChI is InChI=1S/C8H8INO3/c9-4-1-2-5(6(11)3-4)7(10)8(12)13/h1-3,7,11H,10H2,(H,12,13)/t7-/m1/s1. The fourth-order valence-corrected chi connectivity index (χ4v) is 1.39. The van der Waals surface area contributed by atoms with Crippen LogP contribution in [-0.4, -0.2) is 16.2 Å². The van der Waals surface area contributed by atoms with E-state index in [1.165, 1.54) is 12.1 Å². The van der Waals surface area contributed by atoms with E-state index < -0.39 is 12.0 Å². The maximum absolute atomic E-state index is 10.5. The van der Waals surface area contributed by atoms with Crippen molar-refractivity contribution in [2.45, 2.75) is 6.04 Å². The van der Waals surface area contributed by atoms with Crippen LogP contribution in [0.3, 0.4) is 0 Å². The molecule has 0 fully saturated rings. The van der Waals surface area contributed by atoms with E-state index in [4.69, 9.17) is 10.8 Å². The lowest BCUT2D eigenvalue weighted by Crippen LogP contribution is -2.20. The van der Waals surface area contributed by atoms with Gasteiger partial charge in [-0.3, -0.25) is 4.79 Å². The van der Waals surface area contributed by atoms with Gasteiger partial charge in [-0.05, 0) is 34.7 Å². The predicted molar refractivity (Wildman–Crippen MR) is 55.4 cm³/mol. The van der Waals surface area contributed by atoms with E-state index in [2.05, 4.69) is 0 Å². The second-order valence-corrected chi connectivity index (χ2v) is 3.76. The van der Waals surface area contributed by atoms with Gasteiger partial charge in [0.2, 0.25) is 0 Å². The van der Waals surface area contributed by atoms with Crippen LogP contribution in [0.1, 0.15) is 11.6 Å². The first-order valence-corrected chi connectivity index (χ1v) is 4.57. The predicted octanol–water partition coefficient (Wildman–Crippen LogP) is 1.08. The van der Waals surface area contributed by atoms with E-state index in [0.29, 0.717) is 0 Å². The Balaban J connectivity index is 3.08. The van der Waals surface area contributed by atoms with Gasteiger partial charge in [-0.2, -0.15) is 0 Å². The molecule has 0 amide bonds. The van der Waals surface area contributed by atoms with Crippen molar-refractivity contribution in [3.05, 3.63) is 27.3 Å². The van der Waals surface area contributed by atoms with Gasteiger partial charge in [0.1, 0.15) is 11.8 Å². The number of aromatic hydroxyl groups is 1. The molecule has 0 aliphatic carbocycles. The van der Waals surface area contributed by atoms with Gasteiger partial charge in [-0.25, -0.2) is 0 Å². The average molecular weight is 293 g/mol. The van der Waals surface area contributed by atoms with Gasteiger partial charge < -0.3 is 15.9 Å². The normalized spacial score (nSPS) is 12.5. The quantitative estimate of drug-likeness (QED) is 0.712. The van der Waals surface area contributed by atoms with Gasteiger partial charge in [-0.15, -0.1) is 0 Å². The Labute approximate surface area is 88.5 Å². The molecule has 0 unspecified atom stereocenters. The van der Waals surface area contributed by atoms with Crippen molar-refractivity contribution in [1.29, 1.82) is 0 Å². The number of aliphatic carboxylic acids is 1. The summed E-state index contributed by atoms with van der Waals surface area (Å²) >= 11 is 2.01. The minimum Gasteiger partial charge on any atom is -0.508 e. The molecule has 0 aromatic heterocycles. The summed E-state index contributed by atoms with van der Waals surface area (Å²) in [7, 11) is 0. The molecule has 0 heterocycles. The highest BCUT2D eigenvalue weighted by Crippen LogP contribution is 2.24. The van der Waals surface area contributed by atoms with Gasteiger partial charge >= 0.3 is 5.97 Å². The Hall–Kier alpha value is -0.820. The molecule has 0 saturated heterocycles. The number of carboxylic acid groups (broad SMARTS) is 1. The maximum atomic E-state index is 10.5. The second kappa shape index (κ2) is 3.93. The van der Waals surface area contributed by atoms with Gasteiger partial charge in [0, 0.05) is 9.13 Å². The summed E-state index contributed by atoms with van der Waals surface area (Å²) < 4.78 is 0.830. The van der Waals surface area contributed by atoms with E-state index >= 15 is 0 Å². The SMILES string of the molecule is N[C@@H](C(=O)O)c1ccc(I)cc1O. The summed E-state index contributed by atoms with van der Waals surface area (Å²) in [4.78, 5) is 10.5. The highest BCUT2D eigenvalue weighted by Gasteiger charge is 2.17. The zero-order valence-corrected chi connectivity index (χ0v) is 8.72. The van der Waals surface area contributed by atoms with Crippen molar-refractivity contribution < 1.29 is 15.0 Å². The summed E-state index contributed by atoms with van der Waals surface area (Å²) in [5.41, 5.74) is 5.56. The first-order valence-electron chi connectivity index (χ1n) is 3.49. The third-order valence-corrected chi connectivity index (χ3v) is 2.26. The molecule has 4 N–H and O–H groups in total. The smallest absolute Gasteiger partial charge is 0.325 e. The molecule has 0 spiro atoms. The van der Waals surface area contributed by atoms with E-state index in [1.807, 2.05) is 22.6 Å². The number of carboxylic acids is 1. The molecule has 0 saturated carbocycles. The minimum atomic E-state index is -1.17. The van der Waals surface area contributed by atoms with Gasteiger partial charge in [0.05, 0.1) is 0 Å². The van der Waals surface area contributed by atoms with E-state index in [-0.39, 0.29) is 11.3 Å². The maximum Gasteiger partial charge on any atom is 0.325 e. The highest BCUT2D eigenvalue weighted by molar-refractivity contribution is 14.1. The lowest BCUT2D eigenvalue weighted by atomic mass is 10.1. The molecule has 0 aliphatic rings. The number of hydrogen-bond acceptors (Lipinski definition) is 3. The number of halogens is 1. The molecule has 1 rings (SSSR count). The van der Waals surface area contributed by atoms with Crippen LogP contribution in [0.25, 0.3) is 0 Å². The zero-order chi connectivity index (χ0) is 10.0. The summed E-state index contributed by atoms with van der Waals surface area (Å²) in [5, 5.41) is 18.0. The first kappa shape index (κ1) is 10.3. The average Bonchev–Trinajstić information content (AvgIpc) is 2.03. The van der Waals surface area contributed by atoms with Crippen molar-refractivity contribution in [2.24, 2.45) is 5.73 Å². The number of phenolic OH excluding ortho intramolecular Hbond substituents is 1. The molecule has 4 nitrogen and oxygen atoms in total. The van der Waals surface area contributed by atoms with Crippen molar-refractivity contribution in [1.82, 2.24) is 0 Å². The van der Waals surface area contributed by atoms with Crippen LogP contribution in [0, 0.1) is 3.57 Å². The van der Waals surface area contributed by atoms with E-state index in [1.54, 1.807) is 6.07 Å². The van der Waals surface area contributed by atoms with Crippen molar-refractivity contribution in [2.75, 3.05) is 0 Å². The summed E-state index contributed by atoms with van der Waals surface area (Å²) in [6.07, 6.45) is 0. The van der Waals surface area contributed by atoms with Gasteiger partial charge in [-0.1, -0.05) is 6.07 Å². The molecule has 1 aromatic rings. The van der Waals surface area contributed by atoms with E-state index in [0.717, 1.165) is 3.57 Å². The molecule has 1 aromatic carbocycles. The third-order valence-electron chi connectivity index (χ3n) is 1.59. The molecule has 1 atom stereocenters. The molecule has 0 radical (unpaired) electrons. The molecular weight excluding hydrogens is 285 g/mol. The van der Waals surface area contributed by atoms with Crippen LogP contribution in [0.2, 0.25) is 0 Å². The Kier molecular flexibility index (Phi) is 3.10. The van der Waals surface area contributed by atoms with E-state index in [9.17, 15) is 9.90 Å². The molecule has 5 heteroatoms. The van der Waals surface area contributed by atoms with Crippen molar-refractivity contribution in [3.63, 3.8) is 0 Å². The molecule has 70 valence electrons. The van der Waals surface area contributed by atoms with Crippen LogP contribution in [0.4, 0.5) is 0 Å². The van der Waals surface area contributed by atoms with Crippen LogP contribution in [0.15, 0.2) is 18.2 Å². The number of benzene rings is 1. The first-order chi connectivity index (χ1) is 6.02. The van der Waals surface area contributed by atoms with Crippen LogP contribution in [0.5, 0.6) is 5.75 Å². The second-order valence-electron chi connectivity index (χ2n) is 2.52. The number of phenols is 1. The van der Waals surface area contributed by atoms with Gasteiger partial charge in [0.15, 0.2) is 0 Å². The fourth-order valence-electron chi connectivity index (χ4n) is 0.913. The summed E-state index contributed by atoms with van der Waals surface area (Å²) in [5.74, 6) is -1.24.